The fourth-order valence-electron chi connectivity index (χ4n) is 2.64. The van der Waals surface area contributed by atoms with Crippen LogP contribution in [0.5, 0.6) is 0 Å². The summed E-state index contributed by atoms with van der Waals surface area (Å²) >= 11 is 1.71. The number of aromatic nitrogens is 2. The number of nitrogens with zero attached hydrogens (tertiary/aromatic N) is 3. The molecule has 1 aliphatic rings. The number of anilines is 1. The number of hydrogen-bond donors (Lipinski definition) is 2. The van der Waals surface area contributed by atoms with Crippen molar-refractivity contribution in [3.63, 3.8) is 0 Å². The fraction of sp³-hybridized carbons (Fsp3) is 0.308. The fourth-order valence-corrected chi connectivity index (χ4v) is 3.47. The lowest BCUT2D eigenvalue weighted by Gasteiger charge is -2.24. The first-order chi connectivity index (χ1) is 9.19. The molecule has 0 radical (unpaired) electrons. The van der Waals surface area contributed by atoms with Crippen LogP contribution in [0.2, 0.25) is 0 Å². The molecule has 0 spiro atoms. The van der Waals surface area contributed by atoms with Crippen LogP contribution in [-0.2, 0) is 6.42 Å². The van der Waals surface area contributed by atoms with Gasteiger partial charge in [-0.05, 0) is 24.8 Å². The van der Waals surface area contributed by atoms with E-state index in [9.17, 15) is 5.21 Å². The lowest BCUT2D eigenvalue weighted by Crippen LogP contribution is -2.23. The van der Waals surface area contributed by atoms with E-state index in [1.165, 1.54) is 4.88 Å². The van der Waals surface area contributed by atoms with Crippen molar-refractivity contribution in [1.82, 2.24) is 9.97 Å². The van der Waals surface area contributed by atoms with Gasteiger partial charge in [-0.25, -0.2) is 9.97 Å². The van der Waals surface area contributed by atoms with Gasteiger partial charge in [0.1, 0.15) is 0 Å². The van der Waals surface area contributed by atoms with Gasteiger partial charge < -0.3 is 10.9 Å². The number of fused-ring (bicyclic) bond motifs is 1. The molecule has 19 heavy (non-hydrogen) atoms. The molecule has 1 unspecified atom stereocenters. The predicted octanol–water partition coefficient (Wildman–Crippen LogP) is 2.34. The van der Waals surface area contributed by atoms with Crippen LogP contribution >= 0.6 is 11.3 Å². The SMILES string of the molecule is Cc1nc(N)nc2c1C(=NO)CC(c1cccs1)C2. The number of hydrogen-bond acceptors (Lipinski definition) is 6. The largest absolute Gasteiger partial charge is 0.411 e. The van der Waals surface area contributed by atoms with Crippen molar-refractivity contribution < 1.29 is 5.21 Å². The Morgan fingerprint density at radius 1 is 1.42 bits per heavy atom. The van der Waals surface area contributed by atoms with Crippen molar-refractivity contribution in [3.05, 3.63) is 39.3 Å². The van der Waals surface area contributed by atoms with Crippen LogP contribution in [0.3, 0.4) is 0 Å². The summed E-state index contributed by atoms with van der Waals surface area (Å²) in [7, 11) is 0. The molecule has 0 fully saturated rings. The van der Waals surface area contributed by atoms with E-state index in [0.717, 1.165) is 23.4 Å². The summed E-state index contributed by atoms with van der Waals surface area (Å²) in [6.45, 7) is 1.87. The lowest BCUT2D eigenvalue weighted by molar-refractivity contribution is 0.316. The highest BCUT2D eigenvalue weighted by Gasteiger charge is 2.29. The summed E-state index contributed by atoms with van der Waals surface area (Å²) in [4.78, 5) is 9.74. The van der Waals surface area contributed by atoms with Gasteiger partial charge in [0.15, 0.2) is 0 Å². The van der Waals surface area contributed by atoms with Gasteiger partial charge in [-0.2, -0.15) is 0 Å². The Kier molecular flexibility index (Phi) is 2.94. The summed E-state index contributed by atoms with van der Waals surface area (Å²) in [5.41, 5.74) is 8.87. The number of thiophene rings is 1. The molecule has 0 aliphatic heterocycles. The second-order valence-electron chi connectivity index (χ2n) is 4.66. The summed E-state index contributed by atoms with van der Waals surface area (Å²) in [5.74, 6) is 0.576. The van der Waals surface area contributed by atoms with Gasteiger partial charge in [0.2, 0.25) is 5.95 Å². The zero-order valence-corrected chi connectivity index (χ0v) is 11.3. The number of aryl methyl sites for hydroxylation is 1. The number of nitrogen functional groups attached to an aromatic ring is 1. The molecule has 3 rings (SSSR count). The van der Waals surface area contributed by atoms with E-state index in [4.69, 9.17) is 5.73 Å². The monoisotopic (exact) mass is 274 g/mol. The van der Waals surface area contributed by atoms with E-state index in [2.05, 4.69) is 26.6 Å². The molecule has 98 valence electrons. The second-order valence-corrected chi connectivity index (χ2v) is 5.64. The molecule has 0 bridgehead atoms. The normalized spacial score (nSPS) is 20.5. The summed E-state index contributed by atoms with van der Waals surface area (Å²) in [6.07, 6.45) is 1.51. The van der Waals surface area contributed by atoms with E-state index >= 15 is 0 Å². The van der Waals surface area contributed by atoms with Crippen molar-refractivity contribution in [2.75, 3.05) is 5.73 Å². The third-order valence-electron chi connectivity index (χ3n) is 3.42. The van der Waals surface area contributed by atoms with Crippen LogP contribution < -0.4 is 5.73 Å². The zero-order chi connectivity index (χ0) is 13.4. The van der Waals surface area contributed by atoms with Gasteiger partial charge in [0.05, 0.1) is 17.1 Å². The number of rotatable bonds is 1. The van der Waals surface area contributed by atoms with E-state index in [-0.39, 0.29) is 5.95 Å². The van der Waals surface area contributed by atoms with E-state index in [1.54, 1.807) is 11.3 Å². The van der Waals surface area contributed by atoms with E-state index in [1.807, 2.05) is 13.0 Å². The molecule has 2 heterocycles. The standard InChI is InChI=1S/C13H14N4OS/c1-7-12-9(16-13(14)15-7)5-8(6-10(12)17-18)11-3-2-4-19-11/h2-4,8,18H,5-6H2,1H3,(H2,14,15,16). The van der Waals surface area contributed by atoms with Gasteiger partial charge in [-0.3, -0.25) is 0 Å². The third-order valence-corrected chi connectivity index (χ3v) is 4.45. The van der Waals surface area contributed by atoms with Crippen LogP contribution in [0.4, 0.5) is 5.95 Å². The average Bonchev–Trinajstić information content (AvgIpc) is 2.90. The molecule has 6 heteroatoms. The smallest absolute Gasteiger partial charge is 0.220 e. The maximum atomic E-state index is 9.25. The highest BCUT2D eigenvalue weighted by atomic mass is 32.1. The number of oxime groups is 1. The van der Waals surface area contributed by atoms with Crippen molar-refractivity contribution in [2.24, 2.45) is 5.16 Å². The first-order valence-corrected chi connectivity index (χ1v) is 6.94. The maximum absolute atomic E-state index is 9.25. The topological polar surface area (TPSA) is 84.4 Å². The number of nitrogens with two attached hydrogens (primary N) is 1. The Morgan fingerprint density at radius 2 is 2.26 bits per heavy atom. The molecule has 5 nitrogen and oxygen atoms in total. The Bertz CT molecular complexity index is 636. The van der Waals surface area contributed by atoms with Crippen molar-refractivity contribution in [1.29, 1.82) is 0 Å². The molecular weight excluding hydrogens is 260 g/mol. The minimum absolute atomic E-state index is 0.278. The summed E-state index contributed by atoms with van der Waals surface area (Å²) in [5, 5.41) is 14.7. The highest BCUT2D eigenvalue weighted by molar-refractivity contribution is 7.10. The van der Waals surface area contributed by atoms with Crippen LogP contribution in [0, 0.1) is 6.92 Å². The molecule has 3 N–H and O–H groups in total. The minimum Gasteiger partial charge on any atom is -0.411 e. The highest BCUT2D eigenvalue weighted by Crippen LogP contribution is 2.35. The van der Waals surface area contributed by atoms with Crippen molar-refractivity contribution >= 4 is 23.0 Å². The maximum Gasteiger partial charge on any atom is 0.220 e. The van der Waals surface area contributed by atoms with Crippen molar-refractivity contribution in [3.8, 4) is 0 Å². The van der Waals surface area contributed by atoms with Gasteiger partial charge in [-0.15, -0.1) is 11.3 Å². The minimum atomic E-state index is 0.278. The third kappa shape index (κ3) is 2.08. The molecule has 2 aromatic rings. The summed E-state index contributed by atoms with van der Waals surface area (Å²) < 4.78 is 0. The first kappa shape index (κ1) is 12.1. The quantitative estimate of drug-likeness (QED) is 0.617. The molecule has 0 saturated carbocycles. The first-order valence-electron chi connectivity index (χ1n) is 6.06. The molecule has 1 aliphatic carbocycles. The Hall–Kier alpha value is -1.95. The average molecular weight is 274 g/mol. The van der Waals surface area contributed by atoms with Crippen LogP contribution in [0.1, 0.15) is 34.2 Å². The molecule has 0 aromatic carbocycles. The Balaban J connectivity index is 2.09. The van der Waals surface area contributed by atoms with Crippen LogP contribution in [-0.4, -0.2) is 20.9 Å². The molecular formula is C13H14N4OS. The van der Waals surface area contributed by atoms with Gasteiger partial charge in [-0.1, -0.05) is 11.2 Å². The van der Waals surface area contributed by atoms with Gasteiger partial charge >= 0.3 is 0 Å². The Morgan fingerprint density at radius 3 is 2.95 bits per heavy atom. The zero-order valence-electron chi connectivity index (χ0n) is 10.5. The van der Waals surface area contributed by atoms with E-state index in [0.29, 0.717) is 18.1 Å². The second kappa shape index (κ2) is 4.62. The predicted molar refractivity (Wildman–Crippen MR) is 74.9 cm³/mol. The van der Waals surface area contributed by atoms with Crippen LogP contribution in [0.15, 0.2) is 22.7 Å². The van der Waals surface area contributed by atoms with Gasteiger partial charge in [0, 0.05) is 22.8 Å². The molecule has 2 aromatic heterocycles. The molecule has 0 amide bonds. The van der Waals surface area contributed by atoms with Crippen molar-refractivity contribution in [2.45, 2.75) is 25.7 Å². The lowest BCUT2D eigenvalue weighted by atomic mass is 9.84. The van der Waals surface area contributed by atoms with Gasteiger partial charge in [0.25, 0.3) is 0 Å². The summed E-state index contributed by atoms with van der Waals surface area (Å²) in [6, 6.07) is 4.14. The molecule has 0 saturated heterocycles. The molecule has 1 atom stereocenters. The van der Waals surface area contributed by atoms with Crippen LogP contribution in [0.25, 0.3) is 0 Å². The van der Waals surface area contributed by atoms with E-state index < -0.39 is 0 Å². The Labute approximate surface area is 114 Å².